The predicted octanol–water partition coefficient (Wildman–Crippen LogP) is 2.87. The van der Waals surface area contributed by atoms with E-state index in [2.05, 4.69) is 13.8 Å². The molecule has 0 aliphatic carbocycles. The van der Waals surface area contributed by atoms with E-state index in [1.807, 2.05) is 4.90 Å². The van der Waals surface area contributed by atoms with E-state index in [1.165, 1.54) is 6.07 Å². The molecule has 0 N–H and O–H groups in total. The number of halogens is 1. The first kappa shape index (κ1) is 15.8. The smallest absolute Gasteiger partial charge is 0.270 e. The molecular formula is C13H18ClNO3S2. The summed E-state index contributed by atoms with van der Waals surface area (Å²) >= 11 is 1.07. The van der Waals surface area contributed by atoms with Gasteiger partial charge in [0.15, 0.2) is 0 Å². The van der Waals surface area contributed by atoms with Crippen molar-refractivity contribution in [2.45, 2.75) is 43.4 Å². The summed E-state index contributed by atoms with van der Waals surface area (Å²) in [5.74, 6) is 0.585. The highest BCUT2D eigenvalue weighted by Gasteiger charge is 2.27. The molecule has 2 atom stereocenters. The molecule has 0 saturated carbocycles. The zero-order chi connectivity index (χ0) is 14.9. The molecule has 2 unspecified atom stereocenters. The molecule has 2 rings (SSSR count). The summed E-state index contributed by atoms with van der Waals surface area (Å²) in [6, 6.07) is 3.38. The van der Waals surface area contributed by atoms with Gasteiger partial charge in [0.25, 0.3) is 9.05 Å². The number of piperidine rings is 1. The Morgan fingerprint density at radius 1 is 1.40 bits per heavy atom. The van der Waals surface area contributed by atoms with Crippen molar-refractivity contribution in [2.75, 3.05) is 6.54 Å². The summed E-state index contributed by atoms with van der Waals surface area (Å²) in [7, 11) is 1.59. The zero-order valence-electron chi connectivity index (χ0n) is 11.5. The molecule has 1 amide bonds. The molecule has 0 bridgehead atoms. The van der Waals surface area contributed by atoms with Gasteiger partial charge in [0, 0.05) is 28.1 Å². The van der Waals surface area contributed by atoms with Gasteiger partial charge in [0.05, 0.1) is 6.42 Å². The third-order valence-electron chi connectivity index (χ3n) is 3.64. The summed E-state index contributed by atoms with van der Waals surface area (Å²) in [6.45, 7) is 4.99. The summed E-state index contributed by atoms with van der Waals surface area (Å²) in [4.78, 5) is 15.0. The van der Waals surface area contributed by atoms with Crippen LogP contribution in [0.15, 0.2) is 16.3 Å². The highest BCUT2D eigenvalue weighted by Crippen LogP contribution is 2.27. The minimum absolute atomic E-state index is 0.0596. The van der Waals surface area contributed by atoms with E-state index in [9.17, 15) is 13.2 Å². The molecule has 1 aromatic heterocycles. The fourth-order valence-corrected chi connectivity index (χ4v) is 4.58. The lowest BCUT2D eigenvalue weighted by atomic mass is 9.95. The molecule has 112 valence electrons. The number of amides is 1. The Morgan fingerprint density at radius 3 is 2.70 bits per heavy atom. The number of rotatable bonds is 3. The number of carbonyl (C=O) groups excluding carboxylic acids is 1. The monoisotopic (exact) mass is 335 g/mol. The maximum atomic E-state index is 12.3. The van der Waals surface area contributed by atoms with Gasteiger partial charge in [-0.1, -0.05) is 6.92 Å². The van der Waals surface area contributed by atoms with Gasteiger partial charge in [-0.25, -0.2) is 8.42 Å². The molecule has 0 aromatic carbocycles. The summed E-state index contributed by atoms with van der Waals surface area (Å²) in [5.41, 5.74) is 0. The summed E-state index contributed by atoms with van der Waals surface area (Å²) in [6.07, 6.45) is 2.42. The molecular weight excluding hydrogens is 318 g/mol. The number of hydrogen-bond acceptors (Lipinski definition) is 4. The van der Waals surface area contributed by atoms with Gasteiger partial charge >= 0.3 is 0 Å². The molecule has 1 aliphatic rings. The van der Waals surface area contributed by atoms with Crippen LogP contribution < -0.4 is 0 Å². The Labute approximate surface area is 128 Å². The minimum Gasteiger partial charge on any atom is -0.339 e. The average Bonchev–Trinajstić information content (AvgIpc) is 2.80. The first-order valence-electron chi connectivity index (χ1n) is 6.60. The predicted molar refractivity (Wildman–Crippen MR) is 80.6 cm³/mol. The third-order valence-corrected chi connectivity index (χ3v) is 6.82. The normalized spacial score (nSPS) is 23.9. The third kappa shape index (κ3) is 3.74. The maximum absolute atomic E-state index is 12.3. The van der Waals surface area contributed by atoms with Crippen molar-refractivity contribution in [3.05, 3.63) is 17.0 Å². The molecule has 0 radical (unpaired) electrons. The molecule has 0 spiro atoms. The van der Waals surface area contributed by atoms with Crippen LogP contribution in [0.5, 0.6) is 0 Å². The van der Waals surface area contributed by atoms with Crippen molar-refractivity contribution < 1.29 is 13.2 Å². The minimum atomic E-state index is -3.70. The Bertz CT molecular complexity index is 597. The Balaban J connectivity index is 2.06. The standard InChI is InChI=1S/C13H18ClNO3S2/c1-9-3-4-10(2)15(8-9)12(16)7-11-5-6-13(19-11)20(14,17)18/h5-6,9-10H,3-4,7-8H2,1-2H3. The first-order valence-corrected chi connectivity index (χ1v) is 9.73. The lowest BCUT2D eigenvalue weighted by molar-refractivity contribution is -0.134. The molecule has 1 fully saturated rings. The largest absolute Gasteiger partial charge is 0.339 e. The first-order chi connectivity index (χ1) is 9.27. The average molecular weight is 336 g/mol. The van der Waals surface area contributed by atoms with E-state index >= 15 is 0 Å². The molecule has 4 nitrogen and oxygen atoms in total. The number of hydrogen-bond donors (Lipinski definition) is 0. The molecule has 20 heavy (non-hydrogen) atoms. The van der Waals surface area contributed by atoms with Crippen molar-refractivity contribution in [1.82, 2.24) is 4.90 Å². The van der Waals surface area contributed by atoms with E-state index in [4.69, 9.17) is 10.7 Å². The van der Waals surface area contributed by atoms with Gasteiger partial charge < -0.3 is 4.90 Å². The Kier molecular flexibility index (Phi) is 4.76. The highest BCUT2D eigenvalue weighted by molar-refractivity contribution is 8.15. The number of likely N-dealkylation sites (tertiary alicyclic amines) is 1. The second kappa shape index (κ2) is 6.03. The molecule has 1 aliphatic heterocycles. The van der Waals surface area contributed by atoms with Gasteiger partial charge in [-0.05, 0) is 37.8 Å². The Hall–Kier alpha value is -0.590. The summed E-state index contributed by atoms with van der Waals surface area (Å²) < 4.78 is 22.5. The van der Waals surface area contributed by atoms with Crippen LogP contribution in [0.4, 0.5) is 0 Å². The van der Waals surface area contributed by atoms with Crippen molar-refractivity contribution in [2.24, 2.45) is 5.92 Å². The van der Waals surface area contributed by atoms with E-state index in [-0.39, 0.29) is 22.6 Å². The highest BCUT2D eigenvalue weighted by atomic mass is 35.7. The van der Waals surface area contributed by atoms with Crippen LogP contribution in [-0.2, 0) is 20.3 Å². The van der Waals surface area contributed by atoms with Crippen LogP contribution in [0.3, 0.4) is 0 Å². The van der Waals surface area contributed by atoms with E-state index < -0.39 is 9.05 Å². The van der Waals surface area contributed by atoms with Crippen LogP contribution in [0.25, 0.3) is 0 Å². The van der Waals surface area contributed by atoms with Crippen molar-refractivity contribution in [3.63, 3.8) is 0 Å². The van der Waals surface area contributed by atoms with Gasteiger partial charge in [-0.2, -0.15) is 0 Å². The summed E-state index contributed by atoms with van der Waals surface area (Å²) in [5, 5.41) is 0. The van der Waals surface area contributed by atoms with Crippen LogP contribution >= 0.6 is 22.0 Å². The number of thiophene rings is 1. The molecule has 1 saturated heterocycles. The van der Waals surface area contributed by atoms with E-state index in [0.29, 0.717) is 5.92 Å². The molecule has 7 heteroatoms. The van der Waals surface area contributed by atoms with Gasteiger partial charge in [-0.3, -0.25) is 4.79 Å². The van der Waals surface area contributed by atoms with Gasteiger partial charge in [0.1, 0.15) is 4.21 Å². The molecule has 1 aromatic rings. The second-order valence-electron chi connectivity index (χ2n) is 5.41. The Morgan fingerprint density at radius 2 is 2.10 bits per heavy atom. The maximum Gasteiger partial charge on any atom is 0.270 e. The quantitative estimate of drug-likeness (QED) is 0.798. The SMILES string of the molecule is CC1CCC(C)N(C(=O)Cc2ccc(S(=O)(=O)Cl)s2)C1. The van der Waals surface area contributed by atoms with E-state index in [0.717, 1.165) is 35.6 Å². The lowest BCUT2D eigenvalue weighted by Gasteiger charge is -2.36. The van der Waals surface area contributed by atoms with Crippen molar-refractivity contribution in [1.29, 1.82) is 0 Å². The zero-order valence-corrected chi connectivity index (χ0v) is 13.9. The number of nitrogens with zero attached hydrogens (tertiary/aromatic N) is 1. The van der Waals surface area contributed by atoms with Crippen molar-refractivity contribution >= 4 is 37.0 Å². The van der Waals surface area contributed by atoms with Crippen LogP contribution in [0, 0.1) is 5.92 Å². The van der Waals surface area contributed by atoms with Crippen LogP contribution in [-0.4, -0.2) is 31.8 Å². The molecule has 2 heterocycles. The fourth-order valence-electron chi connectivity index (χ4n) is 2.47. The lowest BCUT2D eigenvalue weighted by Crippen LogP contribution is -2.45. The van der Waals surface area contributed by atoms with Crippen LogP contribution in [0.2, 0.25) is 0 Å². The fraction of sp³-hybridized carbons (Fsp3) is 0.615. The van der Waals surface area contributed by atoms with Crippen molar-refractivity contribution in [3.8, 4) is 0 Å². The van der Waals surface area contributed by atoms with E-state index in [1.54, 1.807) is 6.07 Å². The van der Waals surface area contributed by atoms with Crippen LogP contribution in [0.1, 0.15) is 31.6 Å². The topological polar surface area (TPSA) is 54.5 Å². The second-order valence-corrected chi connectivity index (χ2v) is 9.37. The number of carbonyl (C=O) groups is 1. The van der Waals surface area contributed by atoms with Gasteiger partial charge in [-0.15, -0.1) is 11.3 Å². The van der Waals surface area contributed by atoms with Gasteiger partial charge in [0.2, 0.25) is 5.91 Å².